The lowest BCUT2D eigenvalue weighted by Gasteiger charge is -2.11. The Kier molecular flexibility index (Phi) is 5.61. The third-order valence-electron chi connectivity index (χ3n) is 4.09. The zero-order chi connectivity index (χ0) is 20.4. The Morgan fingerprint density at radius 1 is 1.17 bits per heavy atom. The molecule has 29 heavy (non-hydrogen) atoms. The number of hydrogen-bond acceptors (Lipinski definition) is 7. The van der Waals surface area contributed by atoms with Crippen LogP contribution in [0.15, 0.2) is 52.1 Å². The summed E-state index contributed by atoms with van der Waals surface area (Å²) in [5.41, 5.74) is 2.87. The average Bonchev–Trinajstić information content (AvgIpc) is 3.42. The molecule has 1 aliphatic rings. The molecule has 9 heteroatoms. The molecule has 3 aromatic rings. The minimum atomic E-state index is -0.463. The summed E-state index contributed by atoms with van der Waals surface area (Å²) in [6.45, 7) is 1.67. The van der Waals surface area contributed by atoms with Gasteiger partial charge in [-0.05, 0) is 36.2 Å². The van der Waals surface area contributed by atoms with Crippen molar-refractivity contribution in [3.8, 4) is 11.3 Å². The molecule has 3 amide bonds. The Balaban J connectivity index is 1.40. The van der Waals surface area contributed by atoms with Gasteiger partial charge in [-0.3, -0.25) is 19.3 Å². The topological polar surface area (TPSA) is 79.4 Å². The van der Waals surface area contributed by atoms with Crippen LogP contribution in [0, 0.1) is 6.92 Å². The van der Waals surface area contributed by atoms with Crippen LogP contribution in [0.5, 0.6) is 0 Å². The lowest BCUT2D eigenvalue weighted by atomic mass is 10.1. The van der Waals surface area contributed by atoms with Crippen LogP contribution in [0.25, 0.3) is 17.3 Å². The van der Waals surface area contributed by atoms with Gasteiger partial charge in [0, 0.05) is 15.8 Å². The van der Waals surface area contributed by atoms with Gasteiger partial charge < -0.3 is 5.32 Å². The number of nitrogens with one attached hydrogen (secondary N) is 1. The molecule has 1 aliphatic heterocycles. The maximum absolute atomic E-state index is 12.5. The molecule has 6 nitrogen and oxygen atoms in total. The van der Waals surface area contributed by atoms with E-state index in [9.17, 15) is 14.4 Å². The fraction of sp³-hybridized carbons (Fsp3) is 0.100. The third kappa shape index (κ3) is 4.47. The second-order valence-corrected chi connectivity index (χ2v) is 9.07. The van der Waals surface area contributed by atoms with Crippen LogP contribution >= 0.6 is 34.4 Å². The number of hydrogen-bond donors (Lipinski definition) is 1. The van der Waals surface area contributed by atoms with Crippen LogP contribution in [-0.4, -0.2) is 33.5 Å². The van der Waals surface area contributed by atoms with Crippen molar-refractivity contribution in [1.29, 1.82) is 0 Å². The van der Waals surface area contributed by atoms with Crippen LogP contribution < -0.4 is 5.32 Å². The van der Waals surface area contributed by atoms with Gasteiger partial charge in [0.25, 0.3) is 11.1 Å². The van der Waals surface area contributed by atoms with E-state index in [-0.39, 0.29) is 6.54 Å². The minimum absolute atomic E-state index is 0.321. The second kappa shape index (κ2) is 8.32. The standard InChI is InChI=1S/C20H15N3O3S3/c1-12-4-6-13(7-5-12)15-11-28-19(21-15)22-17(24)10-23-18(25)16(29-20(23)26)9-14-3-2-8-27-14/h2-9,11H,10H2,1H3,(H,21,22,24)/b16-9+. The number of thioether (sulfide) groups is 1. The number of aryl methyl sites for hydroxylation is 1. The van der Waals surface area contributed by atoms with Crippen molar-refractivity contribution in [1.82, 2.24) is 9.88 Å². The van der Waals surface area contributed by atoms with Crippen molar-refractivity contribution >= 4 is 62.7 Å². The molecule has 0 spiro atoms. The Bertz CT molecular complexity index is 1100. The monoisotopic (exact) mass is 441 g/mol. The Hall–Kier alpha value is -2.75. The number of carbonyl (C=O) groups is 3. The summed E-state index contributed by atoms with van der Waals surface area (Å²) in [6, 6.07) is 11.7. The summed E-state index contributed by atoms with van der Waals surface area (Å²) < 4.78 is 0. The zero-order valence-electron chi connectivity index (χ0n) is 15.2. The lowest BCUT2D eigenvalue weighted by molar-refractivity contribution is -0.127. The summed E-state index contributed by atoms with van der Waals surface area (Å²) in [5.74, 6) is -0.919. The van der Waals surface area contributed by atoms with Gasteiger partial charge in [-0.25, -0.2) is 4.98 Å². The van der Waals surface area contributed by atoms with Gasteiger partial charge in [0.2, 0.25) is 5.91 Å². The Morgan fingerprint density at radius 3 is 2.69 bits per heavy atom. The van der Waals surface area contributed by atoms with Crippen molar-refractivity contribution in [3.05, 3.63) is 62.5 Å². The van der Waals surface area contributed by atoms with E-state index in [1.807, 2.05) is 54.1 Å². The molecule has 0 bridgehead atoms. The molecule has 0 atom stereocenters. The number of amides is 3. The van der Waals surface area contributed by atoms with Gasteiger partial charge in [-0.15, -0.1) is 22.7 Å². The highest BCUT2D eigenvalue weighted by molar-refractivity contribution is 8.18. The molecule has 1 saturated heterocycles. The van der Waals surface area contributed by atoms with E-state index >= 15 is 0 Å². The van der Waals surface area contributed by atoms with Crippen molar-refractivity contribution in [3.63, 3.8) is 0 Å². The SMILES string of the molecule is Cc1ccc(-c2csc(NC(=O)CN3C(=O)S/C(=C/c4cccs4)C3=O)n2)cc1. The molecule has 1 N–H and O–H groups in total. The Labute approximate surface area is 179 Å². The van der Waals surface area contributed by atoms with Gasteiger partial charge in [0.05, 0.1) is 10.6 Å². The second-order valence-electron chi connectivity index (χ2n) is 6.24. The number of thiazole rings is 1. The fourth-order valence-electron chi connectivity index (χ4n) is 2.63. The molecule has 4 rings (SSSR count). The van der Waals surface area contributed by atoms with Gasteiger partial charge in [0.1, 0.15) is 6.54 Å². The number of aromatic nitrogens is 1. The summed E-state index contributed by atoms with van der Waals surface area (Å²) in [4.78, 5) is 43.6. The molecule has 3 heterocycles. The lowest BCUT2D eigenvalue weighted by Crippen LogP contribution is -2.36. The highest BCUT2D eigenvalue weighted by Crippen LogP contribution is 2.33. The van der Waals surface area contributed by atoms with E-state index < -0.39 is 17.1 Å². The van der Waals surface area contributed by atoms with Crippen molar-refractivity contribution in [2.75, 3.05) is 11.9 Å². The first-order chi connectivity index (χ1) is 14.0. The van der Waals surface area contributed by atoms with Crippen LogP contribution in [0.4, 0.5) is 9.93 Å². The number of anilines is 1. The Morgan fingerprint density at radius 2 is 1.97 bits per heavy atom. The summed E-state index contributed by atoms with van der Waals surface area (Å²) in [7, 11) is 0. The number of nitrogens with zero attached hydrogens (tertiary/aromatic N) is 2. The van der Waals surface area contributed by atoms with Gasteiger partial charge in [0.15, 0.2) is 5.13 Å². The molecule has 146 valence electrons. The van der Waals surface area contributed by atoms with Gasteiger partial charge in [-0.1, -0.05) is 35.9 Å². The third-order valence-corrected chi connectivity index (χ3v) is 6.57. The summed E-state index contributed by atoms with van der Waals surface area (Å²) in [6.07, 6.45) is 1.67. The van der Waals surface area contributed by atoms with E-state index in [0.29, 0.717) is 10.0 Å². The van der Waals surface area contributed by atoms with Crippen molar-refractivity contribution in [2.45, 2.75) is 6.92 Å². The van der Waals surface area contributed by atoms with E-state index in [4.69, 9.17) is 0 Å². The first-order valence-corrected chi connectivity index (χ1v) is 11.2. The summed E-state index contributed by atoms with van der Waals surface area (Å²) >= 11 is 3.61. The molecule has 2 aromatic heterocycles. The van der Waals surface area contributed by atoms with Gasteiger partial charge in [-0.2, -0.15) is 0 Å². The smallest absolute Gasteiger partial charge is 0.294 e. The first kappa shape index (κ1) is 19.6. The molecule has 0 unspecified atom stereocenters. The van der Waals surface area contributed by atoms with Crippen LogP contribution in [0.1, 0.15) is 10.4 Å². The van der Waals surface area contributed by atoms with Gasteiger partial charge >= 0.3 is 0 Å². The summed E-state index contributed by atoms with van der Waals surface area (Å²) in [5, 5.41) is 6.38. The highest BCUT2D eigenvalue weighted by atomic mass is 32.2. The molecule has 0 radical (unpaired) electrons. The molecule has 1 fully saturated rings. The van der Waals surface area contributed by atoms with Crippen LogP contribution in [0.2, 0.25) is 0 Å². The molecule has 1 aromatic carbocycles. The highest BCUT2D eigenvalue weighted by Gasteiger charge is 2.36. The maximum atomic E-state index is 12.5. The van der Waals surface area contributed by atoms with Crippen LogP contribution in [-0.2, 0) is 9.59 Å². The molecular formula is C20H15N3O3S3. The number of benzene rings is 1. The van der Waals surface area contributed by atoms with E-state index in [0.717, 1.165) is 38.4 Å². The zero-order valence-corrected chi connectivity index (χ0v) is 17.7. The van der Waals surface area contributed by atoms with E-state index in [1.165, 1.54) is 22.7 Å². The number of carbonyl (C=O) groups excluding carboxylic acids is 3. The maximum Gasteiger partial charge on any atom is 0.294 e. The molecule has 0 aliphatic carbocycles. The normalized spacial score (nSPS) is 15.3. The molecule has 0 saturated carbocycles. The predicted molar refractivity (Wildman–Crippen MR) is 118 cm³/mol. The quantitative estimate of drug-likeness (QED) is 0.572. The average molecular weight is 442 g/mol. The number of rotatable bonds is 5. The minimum Gasteiger partial charge on any atom is -0.300 e. The van der Waals surface area contributed by atoms with Crippen molar-refractivity contribution < 1.29 is 14.4 Å². The number of thiophene rings is 1. The largest absolute Gasteiger partial charge is 0.300 e. The molecular weight excluding hydrogens is 426 g/mol. The van der Waals surface area contributed by atoms with Crippen LogP contribution in [0.3, 0.4) is 0 Å². The fourth-order valence-corrected chi connectivity index (χ4v) is 4.93. The van der Waals surface area contributed by atoms with Crippen molar-refractivity contribution in [2.24, 2.45) is 0 Å². The van der Waals surface area contributed by atoms with E-state index in [1.54, 1.807) is 6.08 Å². The van der Waals surface area contributed by atoms with E-state index in [2.05, 4.69) is 10.3 Å². The number of imide groups is 1. The first-order valence-electron chi connectivity index (χ1n) is 8.61. The predicted octanol–water partition coefficient (Wildman–Crippen LogP) is 4.86.